The molecule has 0 fully saturated rings. The van der Waals surface area contributed by atoms with Crippen LogP contribution >= 0.6 is 11.8 Å². The predicted octanol–water partition coefficient (Wildman–Crippen LogP) is 3.96. The van der Waals surface area contributed by atoms with Gasteiger partial charge in [0.1, 0.15) is 0 Å². The standard InChI is InChI=1S/C19H19N3OS/c1-24-14-17(15-8-4-2-5-9-15)19(23)20-18-12-13-22(21-18)16-10-6-3-7-11-16/h2-13,17H,14H2,1H3,(H,20,21,23). The second kappa shape index (κ2) is 7.84. The highest BCUT2D eigenvalue weighted by atomic mass is 32.2. The van der Waals surface area contributed by atoms with E-state index in [9.17, 15) is 4.79 Å². The number of amides is 1. The minimum absolute atomic E-state index is 0.0335. The van der Waals surface area contributed by atoms with Gasteiger partial charge in [-0.25, -0.2) is 4.68 Å². The average molecular weight is 337 g/mol. The van der Waals surface area contributed by atoms with Gasteiger partial charge in [-0.15, -0.1) is 0 Å². The van der Waals surface area contributed by atoms with E-state index >= 15 is 0 Å². The van der Waals surface area contributed by atoms with Crippen molar-refractivity contribution in [2.45, 2.75) is 5.92 Å². The number of nitrogens with one attached hydrogen (secondary N) is 1. The molecule has 5 heteroatoms. The summed E-state index contributed by atoms with van der Waals surface area (Å²) >= 11 is 1.66. The van der Waals surface area contributed by atoms with Crippen LogP contribution in [0.3, 0.4) is 0 Å². The van der Waals surface area contributed by atoms with Gasteiger partial charge in [0.05, 0.1) is 11.6 Å². The molecule has 4 nitrogen and oxygen atoms in total. The fraction of sp³-hybridized carbons (Fsp3) is 0.158. The van der Waals surface area contributed by atoms with E-state index in [0.29, 0.717) is 5.82 Å². The molecule has 2 aromatic carbocycles. The number of carbonyl (C=O) groups excluding carboxylic acids is 1. The molecule has 1 unspecified atom stereocenters. The zero-order valence-corrected chi connectivity index (χ0v) is 14.2. The van der Waals surface area contributed by atoms with Gasteiger partial charge in [-0.05, 0) is 24.0 Å². The lowest BCUT2D eigenvalue weighted by Gasteiger charge is -2.15. The third-order valence-electron chi connectivity index (χ3n) is 3.71. The van der Waals surface area contributed by atoms with E-state index in [-0.39, 0.29) is 11.8 Å². The lowest BCUT2D eigenvalue weighted by atomic mass is 10.0. The zero-order valence-electron chi connectivity index (χ0n) is 13.4. The van der Waals surface area contributed by atoms with Crippen LogP contribution in [-0.2, 0) is 4.79 Å². The Hall–Kier alpha value is -2.53. The smallest absolute Gasteiger partial charge is 0.233 e. The minimum Gasteiger partial charge on any atom is -0.309 e. The number of hydrogen-bond donors (Lipinski definition) is 1. The molecule has 1 N–H and O–H groups in total. The number of anilines is 1. The first-order valence-electron chi connectivity index (χ1n) is 7.74. The van der Waals surface area contributed by atoms with Gasteiger partial charge in [-0.1, -0.05) is 48.5 Å². The molecular formula is C19H19N3OS. The van der Waals surface area contributed by atoms with E-state index in [4.69, 9.17) is 0 Å². The zero-order chi connectivity index (χ0) is 16.8. The van der Waals surface area contributed by atoms with Crippen molar-refractivity contribution in [2.75, 3.05) is 17.3 Å². The van der Waals surface area contributed by atoms with Crippen molar-refractivity contribution in [3.05, 3.63) is 78.5 Å². The van der Waals surface area contributed by atoms with E-state index in [1.165, 1.54) is 0 Å². The van der Waals surface area contributed by atoms with Crippen molar-refractivity contribution in [3.8, 4) is 5.69 Å². The fourth-order valence-corrected chi connectivity index (χ4v) is 3.18. The first kappa shape index (κ1) is 16.3. The van der Waals surface area contributed by atoms with Crippen LogP contribution in [0.1, 0.15) is 11.5 Å². The number of nitrogens with zero attached hydrogens (tertiary/aromatic N) is 2. The Morgan fingerprint density at radius 3 is 2.42 bits per heavy atom. The van der Waals surface area contributed by atoms with Gasteiger partial charge in [0.2, 0.25) is 5.91 Å². The summed E-state index contributed by atoms with van der Waals surface area (Å²) in [5.41, 5.74) is 1.98. The van der Waals surface area contributed by atoms with Crippen LogP contribution in [0.5, 0.6) is 0 Å². The molecule has 0 aliphatic rings. The molecular weight excluding hydrogens is 318 g/mol. The maximum atomic E-state index is 12.7. The Bertz CT molecular complexity index is 787. The Morgan fingerprint density at radius 1 is 1.08 bits per heavy atom. The van der Waals surface area contributed by atoms with Crippen molar-refractivity contribution >= 4 is 23.5 Å². The second-order valence-electron chi connectivity index (χ2n) is 5.39. The number of rotatable bonds is 6. The second-order valence-corrected chi connectivity index (χ2v) is 6.30. The summed E-state index contributed by atoms with van der Waals surface area (Å²) in [6.45, 7) is 0. The quantitative estimate of drug-likeness (QED) is 0.741. The highest BCUT2D eigenvalue weighted by Crippen LogP contribution is 2.21. The third kappa shape index (κ3) is 3.86. The van der Waals surface area contributed by atoms with Crippen molar-refractivity contribution < 1.29 is 4.79 Å². The lowest BCUT2D eigenvalue weighted by Crippen LogP contribution is -2.23. The molecule has 0 saturated carbocycles. The summed E-state index contributed by atoms with van der Waals surface area (Å²) in [5, 5.41) is 7.37. The van der Waals surface area contributed by atoms with Gasteiger partial charge in [-0.3, -0.25) is 4.79 Å². The monoisotopic (exact) mass is 337 g/mol. The first-order valence-corrected chi connectivity index (χ1v) is 9.13. The van der Waals surface area contributed by atoms with E-state index in [1.807, 2.05) is 79.2 Å². The number of hydrogen-bond acceptors (Lipinski definition) is 3. The molecule has 0 aliphatic heterocycles. The van der Waals surface area contributed by atoms with Crippen LogP contribution in [0, 0.1) is 0 Å². The molecule has 3 aromatic rings. The van der Waals surface area contributed by atoms with Crippen LogP contribution in [0.15, 0.2) is 72.9 Å². The van der Waals surface area contributed by atoms with Crippen LogP contribution in [-0.4, -0.2) is 27.7 Å². The Morgan fingerprint density at radius 2 is 1.75 bits per heavy atom. The van der Waals surface area contributed by atoms with E-state index in [0.717, 1.165) is 17.0 Å². The number of aromatic nitrogens is 2. The molecule has 24 heavy (non-hydrogen) atoms. The third-order valence-corrected chi connectivity index (χ3v) is 4.38. The van der Waals surface area contributed by atoms with Gasteiger partial charge in [0, 0.05) is 18.0 Å². The van der Waals surface area contributed by atoms with Gasteiger partial charge in [0.15, 0.2) is 5.82 Å². The normalized spacial score (nSPS) is 11.9. The lowest BCUT2D eigenvalue weighted by molar-refractivity contribution is -0.117. The number of carbonyl (C=O) groups is 1. The van der Waals surface area contributed by atoms with Crippen LogP contribution in [0.2, 0.25) is 0 Å². The summed E-state index contributed by atoms with van der Waals surface area (Å²) < 4.78 is 1.75. The molecule has 0 radical (unpaired) electrons. The Labute approximate surface area is 145 Å². The molecule has 3 rings (SSSR count). The molecule has 1 atom stereocenters. The summed E-state index contributed by atoms with van der Waals surface area (Å²) in [7, 11) is 0. The number of para-hydroxylation sites is 1. The molecule has 1 heterocycles. The maximum Gasteiger partial charge on any atom is 0.233 e. The van der Waals surface area contributed by atoms with E-state index in [2.05, 4.69) is 10.4 Å². The SMILES string of the molecule is CSCC(C(=O)Nc1ccn(-c2ccccc2)n1)c1ccccc1. The van der Waals surface area contributed by atoms with E-state index < -0.39 is 0 Å². The number of thioether (sulfide) groups is 1. The molecule has 1 amide bonds. The number of benzene rings is 2. The van der Waals surface area contributed by atoms with Gasteiger partial charge >= 0.3 is 0 Å². The minimum atomic E-state index is -0.192. The van der Waals surface area contributed by atoms with E-state index in [1.54, 1.807) is 16.4 Å². The molecule has 0 aliphatic carbocycles. The van der Waals surface area contributed by atoms with Crippen LogP contribution < -0.4 is 5.32 Å². The fourth-order valence-electron chi connectivity index (χ4n) is 2.50. The maximum absolute atomic E-state index is 12.7. The van der Waals surface area contributed by atoms with Crippen LogP contribution in [0.4, 0.5) is 5.82 Å². The molecule has 122 valence electrons. The van der Waals surface area contributed by atoms with Crippen LogP contribution in [0.25, 0.3) is 5.69 Å². The van der Waals surface area contributed by atoms with Gasteiger partial charge in [0.25, 0.3) is 0 Å². The Balaban J connectivity index is 1.75. The summed E-state index contributed by atoms with van der Waals surface area (Å²) in [6.07, 6.45) is 3.85. The van der Waals surface area contributed by atoms with Crippen molar-refractivity contribution in [1.82, 2.24) is 9.78 Å². The van der Waals surface area contributed by atoms with Crippen molar-refractivity contribution in [2.24, 2.45) is 0 Å². The highest BCUT2D eigenvalue weighted by molar-refractivity contribution is 7.98. The highest BCUT2D eigenvalue weighted by Gasteiger charge is 2.20. The predicted molar refractivity (Wildman–Crippen MR) is 99.8 cm³/mol. The van der Waals surface area contributed by atoms with Gasteiger partial charge < -0.3 is 5.32 Å². The topological polar surface area (TPSA) is 46.9 Å². The summed E-state index contributed by atoms with van der Waals surface area (Å²) in [6, 6.07) is 21.5. The average Bonchev–Trinajstić information content (AvgIpc) is 3.09. The molecule has 0 bridgehead atoms. The summed E-state index contributed by atoms with van der Waals surface area (Å²) in [4.78, 5) is 12.7. The van der Waals surface area contributed by atoms with Crippen molar-refractivity contribution in [1.29, 1.82) is 0 Å². The largest absolute Gasteiger partial charge is 0.309 e. The Kier molecular flexibility index (Phi) is 5.33. The first-order chi connectivity index (χ1) is 11.8. The van der Waals surface area contributed by atoms with Crippen molar-refractivity contribution in [3.63, 3.8) is 0 Å². The molecule has 1 aromatic heterocycles. The molecule has 0 spiro atoms. The van der Waals surface area contributed by atoms with Gasteiger partial charge in [-0.2, -0.15) is 16.9 Å². The summed E-state index contributed by atoms with van der Waals surface area (Å²) in [5.74, 6) is 1.07. The molecule has 0 saturated heterocycles.